The summed E-state index contributed by atoms with van der Waals surface area (Å²) < 4.78 is 34.9. The second-order valence-corrected chi connectivity index (χ2v) is 8.03. The summed E-state index contributed by atoms with van der Waals surface area (Å²) in [5.41, 5.74) is 2.20. The van der Waals surface area contributed by atoms with Crippen molar-refractivity contribution in [2.45, 2.75) is 18.7 Å². The van der Waals surface area contributed by atoms with Crippen molar-refractivity contribution >= 4 is 33.3 Å². The fourth-order valence-corrected chi connectivity index (χ4v) is 4.79. The molecule has 0 amide bonds. The lowest BCUT2D eigenvalue weighted by Gasteiger charge is -2.18. The zero-order chi connectivity index (χ0) is 18.9. The molecule has 6 nitrogen and oxygen atoms in total. The number of hydrogen-bond donors (Lipinski definition) is 1. The zero-order valence-electron chi connectivity index (χ0n) is 14.9. The number of sulfonamides is 1. The molecule has 0 aliphatic rings. The highest BCUT2D eigenvalue weighted by molar-refractivity contribution is 7.89. The second kappa shape index (κ2) is 7.22. The van der Waals surface area contributed by atoms with Crippen LogP contribution in [0.5, 0.6) is 5.75 Å². The number of aromatic nitrogens is 2. The first-order chi connectivity index (χ1) is 12.4. The number of fused-ring (bicyclic) bond motifs is 1. The molecule has 1 heterocycles. The highest BCUT2D eigenvalue weighted by Crippen LogP contribution is 2.29. The Hall–Kier alpha value is -2.16. The first-order valence-electron chi connectivity index (χ1n) is 8.32. The number of ether oxygens (including phenoxy) is 1. The fraction of sp³-hybridized carbons (Fsp3) is 0.278. The Bertz CT molecular complexity index is 1100. The summed E-state index contributed by atoms with van der Waals surface area (Å²) in [5.74, 6) is 0.654. The van der Waals surface area contributed by atoms with Crippen LogP contribution in [0.15, 0.2) is 47.4 Å². The summed E-state index contributed by atoms with van der Waals surface area (Å²) in [6, 6.07) is 12.5. The van der Waals surface area contributed by atoms with Crippen molar-refractivity contribution in [1.82, 2.24) is 13.9 Å². The first kappa shape index (κ1) is 18.6. The number of nitrogens with one attached hydrogen (secondary N) is 1. The molecule has 2 aromatic carbocycles. The Morgan fingerprint density at radius 1 is 1.15 bits per heavy atom. The van der Waals surface area contributed by atoms with E-state index in [0.29, 0.717) is 29.1 Å². The Morgan fingerprint density at radius 3 is 2.50 bits per heavy atom. The summed E-state index contributed by atoms with van der Waals surface area (Å²) in [6.45, 7) is 4.49. The third-order valence-electron chi connectivity index (χ3n) is 4.32. The molecule has 0 aliphatic carbocycles. The SMILES string of the molecule is CCN(CC)S(=O)(=O)c1ccc2[nH]c(=S)n(-c3ccccc3OC)c2c1. The van der Waals surface area contributed by atoms with Crippen LogP contribution in [0.2, 0.25) is 0 Å². The van der Waals surface area contributed by atoms with Crippen LogP contribution in [-0.2, 0) is 10.0 Å². The van der Waals surface area contributed by atoms with Crippen LogP contribution in [-0.4, -0.2) is 42.5 Å². The van der Waals surface area contributed by atoms with Gasteiger partial charge >= 0.3 is 0 Å². The lowest BCUT2D eigenvalue weighted by molar-refractivity contribution is 0.413. The van der Waals surface area contributed by atoms with Crippen molar-refractivity contribution in [3.8, 4) is 11.4 Å². The number of methoxy groups -OCH3 is 1. The maximum atomic E-state index is 12.9. The van der Waals surface area contributed by atoms with Crippen LogP contribution in [0.25, 0.3) is 16.7 Å². The van der Waals surface area contributed by atoms with E-state index in [-0.39, 0.29) is 4.90 Å². The van der Waals surface area contributed by atoms with E-state index in [9.17, 15) is 8.42 Å². The van der Waals surface area contributed by atoms with Crippen LogP contribution in [0.3, 0.4) is 0 Å². The molecule has 3 aromatic rings. The quantitative estimate of drug-likeness (QED) is 0.650. The zero-order valence-corrected chi connectivity index (χ0v) is 16.5. The van der Waals surface area contributed by atoms with Crippen molar-refractivity contribution in [1.29, 1.82) is 0 Å². The predicted octanol–water partition coefficient (Wildman–Crippen LogP) is 3.73. The molecule has 26 heavy (non-hydrogen) atoms. The van der Waals surface area contributed by atoms with Gasteiger partial charge in [0.05, 0.1) is 28.7 Å². The maximum Gasteiger partial charge on any atom is 0.243 e. The molecule has 1 aromatic heterocycles. The van der Waals surface area contributed by atoms with Gasteiger partial charge in [0.2, 0.25) is 10.0 Å². The Balaban J connectivity index is 2.27. The summed E-state index contributed by atoms with van der Waals surface area (Å²) in [6.07, 6.45) is 0. The van der Waals surface area contributed by atoms with Crippen molar-refractivity contribution in [2.24, 2.45) is 0 Å². The number of aromatic amines is 1. The largest absolute Gasteiger partial charge is 0.495 e. The minimum absolute atomic E-state index is 0.242. The molecule has 0 saturated carbocycles. The van der Waals surface area contributed by atoms with E-state index < -0.39 is 10.0 Å². The van der Waals surface area contributed by atoms with Crippen LogP contribution in [0, 0.1) is 4.77 Å². The van der Waals surface area contributed by atoms with E-state index in [0.717, 1.165) is 11.2 Å². The van der Waals surface area contributed by atoms with Gasteiger partial charge in [-0.3, -0.25) is 4.57 Å². The van der Waals surface area contributed by atoms with Gasteiger partial charge in [-0.1, -0.05) is 26.0 Å². The second-order valence-electron chi connectivity index (χ2n) is 5.71. The first-order valence-corrected chi connectivity index (χ1v) is 10.2. The van der Waals surface area contributed by atoms with E-state index >= 15 is 0 Å². The molecule has 1 N–H and O–H groups in total. The van der Waals surface area contributed by atoms with Gasteiger partial charge in [0.25, 0.3) is 0 Å². The topological polar surface area (TPSA) is 67.3 Å². The fourth-order valence-electron chi connectivity index (χ4n) is 3.01. The lowest BCUT2D eigenvalue weighted by Crippen LogP contribution is -2.30. The summed E-state index contributed by atoms with van der Waals surface area (Å²) in [5, 5.41) is 0. The normalized spacial score (nSPS) is 12.0. The van der Waals surface area contributed by atoms with Crippen molar-refractivity contribution in [2.75, 3.05) is 20.2 Å². The van der Waals surface area contributed by atoms with Gasteiger partial charge in [0.15, 0.2) is 4.77 Å². The highest BCUT2D eigenvalue weighted by Gasteiger charge is 2.23. The van der Waals surface area contributed by atoms with Gasteiger partial charge in [-0.05, 0) is 42.5 Å². The molecule has 138 valence electrons. The molecule has 0 saturated heterocycles. The summed E-state index contributed by atoms with van der Waals surface area (Å²) >= 11 is 5.47. The molecule has 0 bridgehead atoms. The van der Waals surface area contributed by atoms with Gasteiger partial charge in [-0.25, -0.2) is 8.42 Å². The monoisotopic (exact) mass is 391 g/mol. The summed E-state index contributed by atoms with van der Waals surface area (Å²) in [4.78, 5) is 3.37. The average molecular weight is 392 g/mol. The molecule has 0 radical (unpaired) electrons. The molecule has 0 unspecified atom stereocenters. The van der Waals surface area contributed by atoms with E-state index in [4.69, 9.17) is 17.0 Å². The Labute approximate surface area is 158 Å². The third-order valence-corrected chi connectivity index (χ3v) is 6.65. The predicted molar refractivity (Wildman–Crippen MR) is 105 cm³/mol. The Kier molecular flexibility index (Phi) is 5.17. The van der Waals surface area contributed by atoms with Crippen molar-refractivity contribution < 1.29 is 13.2 Å². The number of benzene rings is 2. The molecule has 0 atom stereocenters. The summed E-state index contributed by atoms with van der Waals surface area (Å²) in [7, 11) is -1.97. The third kappa shape index (κ3) is 3.04. The number of rotatable bonds is 6. The number of imidazole rings is 1. The maximum absolute atomic E-state index is 12.9. The van der Waals surface area contributed by atoms with Gasteiger partial charge in [-0.15, -0.1) is 0 Å². The van der Waals surface area contributed by atoms with Crippen molar-refractivity contribution in [3.63, 3.8) is 0 Å². The van der Waals surface area contributed by atoms with Gasteiger partial charge in [0.1, 0.15) is 5.75 Å². The van der Waals surface area contributed by atoms with Crippen LogP contribution in [0.1, 0.15) is 13.8 Å². The lowest BCUT2D eigenvalue weighted by atomic mass is 10.2. The molecular weight excluding hydrogens is 370 g/mol. The average Bonchev–Trinajstić information content (AvgIpc) is 2.97. The number of H-pyrrole nitrogens is 1. The number of hydrogen-bond acceptors (Lipinski definition) is 4. The molecular formula is C18H21N3O3S2. The molecule has 0 aliphatic heterocycles. The van der Waals surface area contributed by atoms with Gasteiger partial charge < -0.3 is 9.72 Å². The van der Waals surface area contributed by atoms with E-state index in [1.54, 1.807) is 29.9 Å². The number of nitrogens with zero attached hydrogens (tertiary/aromatic N) is 2. The molecule has 8 heteroatoms. The van der Waals surface area contributed by atoms with Gasteiger partial charge in [-0.2, -0.15) is 4.31 Å². The van der Waals surface area contributed by atoms with Crippen LogP contribution >= 0.6 is 12.2 Å². The van der Waals surface area contributed by atoms with E-state index in [2.05, 4.69) is 4.98 Å². The van der Waals surface area contributed by atoms with E-state index in [1.807, 2.05) is 38.1 Å². The van der Waals surface area contributed by atoms with Crippen LogP contribution in [0.4, 0.5) is 0 Å². The minimum Gasteiger partial charge on any atom is -0.495 e. The minimum atomic E-state index is -3.56. The molecule has 0 spiro atoms. The van der Waals surface area contributed by atoms with Gasteiger partial charge in [0, 0.05) is 13.1 Å². The number of para-hydroxylation sites is 2. The smallest absolute Gasteiger partial charge is 0.243 e. The molecule has 3 rings (SSSR count). The van der Waals surface area contributed by atoms with Crippen LogP contribution < -0.4 is 4.74 Å². The Morgan fingerprint density at radius 2 is 1.85 bits per heavy atom. The molecule has 0 fully saturated rings. The standard InChI is InChI=1S/C18H21N3O3S2/c1-4-20(5-2)26(22,23)13-10-11-14-16(12-13)21(18(25)19-14)15-8-6-7-9-17(15)24-3/h6-12H,4-5H2,1-3H3,(H,19,25). The van der Waals surface area contributed by atoms with E-state index in [1.165, 1.54) is 4.31 Å². The van der Waals surface area contributed by atoms with Crippen molar-refractivity contribution in [3.05, 3.63) is 47.2 Å². The highest BCUT2D eigenvalue weighted by atomic mass is 32.2.